The summed E-state index contributed by atoms with van der Waals surface area (Å²) in [6.45, 7) is 0. The summed E-state index contributed by atoms with van der Waals surface area (Å²) in [6, 6.07) is 0.272. The van der Waals surface area contributed by atoms with Gasteiger partial charge in [-0.05, 0) is 25.7 Å². The highest BCUT2D eigenvalue weighted by molar-refractivity contribution is 6.32. The number of carbonyl (C=O) groups is 1. The molecule has 4 nitrogen and oxygen atoms in total. The summed E-state index contributed by atoms with van der Waals surface area (Å²) >= 11 is 6.41. The third-order valence-electron chi connectivity index (χ3n) is 5.01. The van der Waals surface area contributed by atoms with Crippen molar-refractivity contribution < 1.29 is 9.90 Å². The van der Waals surface area contributed by atoms with E-state index in [1.54, 1.807) is 0 Å². The first-order valence-electron chi connectivity index (χ1n) is 8.19. The molecule has 0 aromatic carbocycles. The van der Waals surface area contributed by atoms with E-state index in [4.69, 9.17) is 11.6 Å². The molecule has 0 spiro atoms. The normalized spacial score (nSPS) is 21.6. The number of nitrogens with zero attached hydrogens (tertiary/aromatic N) is 2. The van der Waals surface area contributed by atoms with Crippen LogP contribution in [0, 0.1) is 0 Å². The lowest BCUT2D eigenvalue weighted by Crippen LogP contribution is -2.10. The molecule has 0 aliphatic heterocycles. The molecule has 1 N–H and O–H groups in total. The standard InChI is InChI=1S/C16H23ClN2O2/c17-15-13(16(20)21)14(11-7-5-6-8-11)18-19(15)12-9-3-1-2-4-10-12/h11-12H,1-10H2,(H,20,21). The van der Waals surface area contributed by atoms with Crippen LogP contribution in [-0.2, 0) is 0 Å². The van der Waals surface area contributed by atoms with Crippen molar-refractivity contribution in [2.75, 3.05) is 0 Å². The van der Waals surface area contributed by atoms with Crippen LogP contribution >= 0.6 is 11.6 Å². The van der Waals surface area contributed by atoms with Gasteiger partial charge in [-0.1, -0.05) is 50.1 Å². The van der Waals surface area contributed by atoms with Crippen molar-refractivity contribution >= 4 is 17.6 Å². The largest absolute Gasteiger partial charge is 0.478 e. The summed E-state index contributed by atoms with van der Waals surface area (Å²) in [5.74, 6) is -0.651. The van der Waals surface area contributed by atoms with E-state index in [0.717, 1.165) is 44.2 Å². The number of rotatable bonds is 3. The minimum Gasteiger partial charge on any atom is -0.478 e. The minimum absolute atomic E-state index is 0.257. The van der Waals surface area contributed by atoms with E-state index >= 15 is 0 Å². The maximum absolute atomic E-state index is 11.6. The van der Waals surface area contributed by atoms with E-state index in [0.29, 0.717) is 5.15 Å². The van der Waals surface area contributed by atoms with E-state index in [-0.39, 0.29) is 17.5 Å². The van der Waals surface area contributed by atoms with Gasteiger partial charge >= 0.3 is 5.97 Å². The molecule has 3 rings (SSSR count). The molecule has 2 aliphatic carbocycles. The second-order valence-corrected chi connectivity index (χ2v) is 6.79. The SMILES string of the molecule is O=C(O)c1c(C2CCCC2)nn(C2CCCCCC2)c1Cl. The topological polar surface area (TPSA) is 55.1 Å². The Balaban J connectivity index is 1.96. The molecule has 0 radical (unpaired) electrons. The van der Waals surface area contributed by atoms with E-state index in [2.05, 4.69) is 5.10 Å². The van der Waals surface area contributed by atoms with Crippen molar-refractivity contribution in [1.29, 1.82) is 0 Å². The molecular formula is C16H23ClN2O2. The first kappa shape index (κ1) is 14.9. The van der Waals surface area contributed by atoms with E-state index < -0.39 is 5.97 Å². The van der Waals surface area contributed by atoms with Crippen molar-refractivity contribution in [2.24, 2.45) is 0 Å². The van der Waals surface area contributed by atoms with Gasteiger partial charge in [0.15, 0.2) is 0 Å². The molecular weight excluding hydrogens is 288 g/mol. The molecule has 116 valence electrons. The number of carboxylic acids is 1. The van der Waals surface area contributed by atoms with Crippen LogP contribution < -0.4 is 0 Å². The first-order valence-corrected chi connectivity index (χ1v) is 8.57. The van der Waals surface area contributed by atoms with Crippen molar-refractivity contribution in [1.82, 2.24) is 9.78 Å². The first-order chi connectivity index (χ1) is 10.2. The van der Waals surface area contributed by atoms with Gasteiger partial charge in [-0.3, -0.25) is 0 Å². The number of hydrogen-bond donors (Lipinski definition) is 1. The number of aromatic carboxylic acids is 1. The number of hydrogen-bond acceptors (Lipinski definition) is 2. The Labute approximate surface area is 130 Å². The lowest BCUT2D eigenvalue weighted by molar-refractivity contribution is 0.0695. The molecule has 0 bridgehead atoms. The summed E-state index contributed by atoms with van der Waals surface area (Å²) in [6.07, 6.45) is 11.4. The van der Waals surface area contributed by atoms with Crippen LogP contribution in [-0.4, -0.2) is 20.9 Å². The van der Waals surface area contributed by atoms with Crippen LogP contribution in [0.2, 0.25) is 5.15 Å². The Bertz CT molecular complexity index is 513. The maximum atomic E-state index is 11.6. The zero-order valence-electron chi connectivity index (χ0n) is 12.4. The Morgan fingerprint density at radius 1 is 1.05 bits per heavy atom. The van der Waals surface area contributed by atoms with Gasteiger partial charge < -0.3 is 5.11 Å². The van der Waals surface area contributed by atoms with Gasteiger partial charge in [0, 0.05) is 5.92 Å². The van der Waals surface area contributed by atoms with Gasteiger partial charge in [-0.2, -0.15) is 5.10 Å². The third-order valence-corrected chi connectivity index (χ3v) is 5.37. The van der Waals surface area contributed by atoms with Crippen molar-refractivity contribution in [3.63, 3.8) is 0 Å². The van der Waals surface area contributed by atoms with E-state index in [9.17, 15) is 9.90 Å². The second-order valence-electron chi connectivity index (χ2n) is 6.43. The molecule has 0 amide bonds. The number of halogens is 1. The van der Waals surface area contributed by atoms with Crippen LogP contribution in [0.1, 0.15) is 92.2 Å². The number of carboxylic acid groups (broad SMARTS) is 1. The summed E-state index contributed by atoms with van der Waals surface area (Å²) in [5.41, 5.74) is 0.988. The highest BCUT2D eigenvalue weighted by Crippen LogP contribution is 2.39. The van der Waals surface area contributed by atoms with Crippen LogP contribution in [0.4, 0.5) is 0 Å². The highest BCUT2D eigenvalue weighted by atomic mass is 35.5. The average Bonchev–Trinajstić information content (AvgIpc) is 3.00. The fourth-order valence-electron chi connectivity index (χ4n) is 3.86. The van der Waals surface area contributed by atoms with Gasteiger partial charge in [0.05, 0.1) is 11.7 Å². The average molecular weight is 311 g/mol. The molecule has 1 aromatic heterocycles. The molecule has 2 saturated carbocycles. The van der Waals surface area contributed by atoms with E-state index in [1.807, 2.05) is 4.68 Å². The minimum atomic E-state index is -0.929. The lowest BCUT2D eigenvalue weighted by Gasteiger charge is -2.15. The van der Waals surface area contributed by atoms with Gasteiger partial charge in [0.1, 0.15) is 10.7 Å². The third kappa shape index (κ3) is 2.96. The molecule has 1 heterocycles. The predicted molar refractivity (Wildman–Crippen MR) is 82.1 cm³/mol. The summed E-state index contributed by atoms with van der Waals surface area (Å²) < 4.78 is 1.82. The van der Waals surface area contributed by atoms with E-state index in [1.165, 1.54) is 25.7 Å². The predicted octanol–water partition coefficient (Wildman–Crippen LogP) is 4.79. The molecule has 2 fully saturated rings. The molecule has 21 heavy (non-hydrogen) atoms. The monoisotopic (exact) mass is 310 g/mol. The van der Waals surface area contributed by atoms with Crippen LogP contribution in [0.3, 0.4) is 0 Å². The zero-order chi connectivity index (χ0) is 14.8. The maximum Gasteiger partial charge on any atom is 0.340 e. The summed E-state index contributed by atoms with van der Waals surface area (Å²) in [5, 5.41) is 14.6. The summed E-state index contributed by atoms with van der Waals surface area (Å²) in [4.78, 5) is 11.6. The smallest absolute Gasteiger partial charge is 0.340 e. The van der Waals surface area contributed by atoms with Crippen LogP contribution in [0.15, 0.2) is 0 Å². The summed E-state index contributed by atoms with van der Waals surface area (Å²) in [7, 11) is 0. The Kier molecular flexibility index (Phi) is 4.53. The molecule has 0 unspecified atom stereocenters. The fraction of sp³-hybridized carbons (Fsp3) is 0.750. The van der Waals surface area contributed by atoms with Gasteiger partial charge in [0.2, 0.25) is 0 Å². The van der Waals surface area contributed by atoms with Gasteiger partial charge in [-0.15, -0.1) is 0 Å². The molecule has 0 saturated heterocycles. The Hall–Kier alpha value is -1.03. The van der Waals surface area contributed by atoms with Crippen molar-refractivity contribution in [3.8, 4) is 0 Å². The van der Waals surface area contributed by atoms with Gasteiger partial charge in [0.25, 0.3) is 0 Å². The highest BCUT2D eigenvalue weighted by Gasteiger charge is 2.31. The molecule has 2 aliphatic rings. The van der Waals surface area contributed by atoms with Crippen molar-refractivity contribution in [2.45, 2.75) is 76.2 Å². The number of aromatic nitrogens is 2. The Morgan fingerprint density at radius 2 is 1.62 bits per heavy atom. The van der Waals surface area contributed by atoms with Crippen LogP contribution in [0.5, 0.6) is 0 Å². The second kappa shape index (κ2) is 6.39. The van der Waals surface area contributed by atoms with Gasteiger partial charge in [-0.25, -0.2) is 9.48 Å². The zero-order valence-corrected chi connectivity index (χ0v) is 13.1. The van der Waals surface area contributed by atoms with Crippen LogP contribution in [0.25, 0.3) is 0 Å². The lowest BCUT2D eigenvalue weighted by atomic mass is 10.0. The molecule has 0 atom stereocenters. The molecule has 1 aromatic rings. The molecule has 5 heteroatoms. The van der Waals surface area contributed by atoms with Crippen molar-refractivity contribution in [3.05, 3.63) is 16.4 Å². The quantitative estimate of drug-likeness (QED) is 0.817. The Morgan fingerprint density at radius 3 is 2.19 bits per heavy atom. The fourth-order valence-corrected chi connectivity index (χ4v) is 4.21.